The number of hydrogen-bond donors (Lipinski definition) is 1. The summed E-state index contributed by atoms with van der Waals surface area (Å²) in [5.74, 6) is -0.133. The minimum absolute atomic E-state index is 0.0679. The number of pyridine rings is 1. The first kappa shape index (κ1) is 21.5. The van der Waals surface area contributed by atoms with Crippen LogP contribution >= 0.6 is 0 Å². The van der Waals surface area contributed by atoms with Crippen LogP contribution in [-0.4, -0.2) is 97.2 Å². The number of aromatic nitrogens is 1. The molecule has 1 N–H and O–H groups in total. The number of likely N-dealkylation sites (tertiary alicyclic amines) is 1. The van der Waals surface area contributed by atoms with Gasteiger partial charge in [0.15, 0.2) is 0 Å². The summed E-state index contributed by atoms with van der Waals surface area (Å²) in [5.41, 5.74) is 1.36. The van der Waals surface area contributed by atoms with Crippen molar-refractivity contribution >= 4 is 11.9 Å². The summed E-state index contributed by atoms with van der Waals surface area (Å²) in [4.78, 5) is 35.1. The maximum absolute atomic E-state index is 12.5. The number of amides is 3. The Morgan fingerprint density at radius 3 is 2.69 bits per heavy atom. The molecule has 3 heterocycles. The Balaban J connectivity index is 1.60. The number of nitrogens with one attached hydrogen (secondary N) is 1. The molecule has 2 saturated heterocycles. The lowest BCUT2D eigenvalue weighted by Gasteiger charge is -2.38. The van der Waals surface area contributed by atoms with Crippen LogP contribution in [0.3, 0.4) is 0 Å². The Hall–Kier alpha value is -2.19. The van der Waals surface area contributed by atoms with Crippen LogP contribution in [0.2, 0.25) is 0 Å². The van der Waals surface area contributed by atoms with Gasteiger partial charge in [-0.25, -0.2) is 4.79 Å². The molecule has 0 saturated carbocycles. The Bertz CT molecular complexity index is 705. The van der Waals surface area contributed by atoms with E-state index in [0.29, 0.717) is 24.3 Å². The number of ether oxygens (including phenoxy) is 1. The van der Waals surface area contributed by atoms with Crippen molar-refractivity contribution in [1.29, 1.82) is 0 Å². The van der Waals surface area contributed by atoms with Gasteiger partial charge in [0.25, 0.3) is 5.91 Å². The van der Waals surface area contributed by atoms with Gasteiger partial charge in [0.1, 0.15) is 5.69 Å². The molecule has 3 rings (SSSR count). The van der Waals surface area contributed by atoms with E-state index in [-0.39, 0.29) is 11.9 Å². The predicted molar refractivity (Wildman–Crippen MR) is 111 cm³/mol. The van der Waals surface area contributed by atoms with Gasteiger partial charge in [-0.2, -0.15) is 0 Å². The van der Waals surface area contributed by atoms with E-state index < -0.39 is 0 Å². The molecule has 2 aliphatic heterocycles. The van der Waals surface area contributed by atoms with E-state index in [4.69, 9.17) is 4.74 Å². The first-order valence-electron chi connectivity index (χ1n) is 10.5. The van der Waals surface area contributed by atoms with Crippen molar-refractivity contribution in [2.24, 2.45) is 0 Å². The molecule has 1 aromatic heterocycles. The molecule has 0 aromatic carbocycles. The van der Waals surface area contributed by atoms with Gasteiger partial charge in [0, 0.05) is 71.8 Å². The summed E-state index contributed by atoms with van der Waals surface area (Å²) < 4.78 is 5.54. The highest BCUT2D eigenvalue weighted by atomic mass is 16.5. The van der Waals surface area contributed by atoms with Crippen LogP contribution in [0.5, 0.6) is 0 Å². The molecule has 8 nitrogen and oxygen atoms in total. The SMILES string of the molecule is Cc1cccnc1C(=O)NCCN(C1CCOCC1)C1CCN(C(=O)N(C)C)C1. The minimum atomic E-state index is -0.133. The van der Waals surface area contributed by atoms with E-state index in [9.17, 15) is 9.59 Å². The molecule has 1 atom stereocenters. The average Bonchev–Trinajstić information content (AvgIpc) is 3.21. The molecule has 1 unspecified atom stereocenters. The third kappa shape index (κ3) is 5.45. The second-order valence-corrected chi connectivity index (χ2v) is 8.07. The molecule has 160 valence electrons. The molecular weight excluding hydrogens is 370 g/mol. The van der Waals surface area contributed by atoms with E-state index in [1.165, 1.54) is 0 Å². The maximum atomic E-state index is 12.5. The molecular formula is C21H33N5O3. The average molecular weight is 404 g/mol. The van der Waals surface area contributed by atoms with Crippen molar-refractivity contribution in [3.8, 4) is 0 Å². The first-order valence-corrected chi connectivity index (χ1v) is 10.5. The molecule has 0 bridgehead atoms. The monoisotopic (exact) mass is 403 g/mol. The lowest BCUT2D eigenvalue weighted by Crippen LogP contribution is -2.50. The van der Waals surface area contributed by atoms with Crippen molar-refractivity contribution in [2.75, 3.05) is 53.5 Å². The summed E-state index contributed by atoms with van der Waals surface area (Å²) in [7, 11) is 3.59. The topological polar surface area (TPSA) is 78.0 Å². The van der Waals surface area contributed by atoms with Crippen LogP contribution in [0, 0.1) is 6.92 Å². The second kappa shape index (κ2) is 10.0. The van der Waals surface area contributed by atoms with Crippen molar-refractivity contribution in [3.05, 3.63) is 29.6 Å². The Morgan fingerprint density at radius 1 is 1.24 bits per heavy atom. The zero-order valence-corrected chi connectivity index (χ0v) is 17.8. The summed E-state index contributed by atoms with van der Waals surface area (Å²) in [6, 6.07) is 4.54. The van der Waals surface area contributed by atoms with Crippen LogP contribution in [0.15, 0.2) is 18.3 Å². The summed E-state index contributed by atoms with van der Waals surface area (Å²) in [5, 5.41) is 3.02. The lowest BCUT2D eigenvalue weighted by molar-refractivity contribution is 0.0188. The van der Waals surface area contributed by atoms with Gasteiger partial charge in [-0.05, 0) is 37.8 Å². The quantitative estimate of drug-likeness (QED) is 0.776. The molecule has 0 spiro atoms. The van der Waals surface area contributed by atoms with Gasteiger partial charge >= 0.3 is 6.03 Å². The molecule has 2 fully saturated rings. The fourth-order valence-corrected chi connectivity index (χ4v) is 4.25. The molecule has 0 radical (unpaired) electrons. The highest BCUT2D eigenvalue weighted by molar-refractivity contribution is 5.93. The zero-order chi connectivity index (χ0) is 20.8. The van der Waals surface area contributed by atoms with E-state index >= 15 is 0 Å². The Morgan fingerprint density at radius 2 is 2.00 bits per heavy atom. The van der Waals surface area contributed by atoms with Crippen LogP contribution in [0.1, 0.15) is 35.3 Å². The van der Waals surface area contributed by atoms with E-state index in [1.807, 2.05) is 24.0 Å². The molecule has 8 heteroatoms. The third-order valence-corrected chi connectivity index (χ3v) is 5.83. The Kier molecular flexibility index (Phi) is 7.44. The van der Waals surface area contributed by atoms with Crippen molar-refractivity contribution in [1.82, 2.24) is 25.0 Å². The third-order valence-electron chi connectivity index (χ3n) is 5.83. The fraction of sp³-hybridized carbons (Fsp3) is 0.667. The molecule has 29 heavy (non-hydrogen) atoms. The number of aryl methyl sites for hydroxylation is 1. The fourth-order valence-electron chi connectivity index (χ4n) is 4.25. The number of carbonyl (C=O) groups is 2. The summed E-state index contributed by atoms with van der Waals surface area (Å²) in [6.07, 6.45) is 4.59. The molecule has 0 aliphatic carbocycles. The molecule has 1 aromatic rings. The van der Waals surface area contributed by atoms with Gasteiger partial charge in [-0.15, -0.1) is 0 Å². The maximum Gasteiger partial charge on any atom is 0.319 e. The van der Waals surface area contributed by atoms with E-state index in [0.717, 1.165) is 57.7 Å². The van der Waals surface area contributed by atoms with Crippen LogP contribution in [-0.2, 0) is 4.74 Å². The number of carbonyl (C=O) groups excluding carboxylic acids is 2. The van der Waals surface area contributed by atoms with E-state index in [2.05, 4.69) is 15.2 Å². The highest BCUT2D eigenvalue weighted by Crippen LogP contribution is 2.23. The van der Waals surface area contributed by atoms with Gasteiger partial charge in [-0.1, -0.05) is 6.07 Å². The summed E-state index contributed by atoms with van der Waals surface area (Å²) in [6.45, 7) is 6.27. The number of urea groups is 1. The number of rotatable bonds is 6. The van der Waals surface area contributed by atoms with E-state index in [1.54, 1.807) is 25.2 Å². The minimum Gasteiger partial charge on any atom is -0.381 e. The van der Waals surface area contributed by atoms with Gasteiger partial charge < -0.3 is 19.9 Å². The zero-order valence-electron chi connectivity index (χ0n) is 17.8. The highest BCUT2D eigenvalue weighted by Gasteiger charge is 2.34. The van der Waals surface area contributed by atoms with Gasteiger partial charge in [-0.3, -0.25) is 14.7 Å². The lowest BCUT2D eigenvalue weighted by atomic mass is 10.0. The normalized spacial score (nSPS) is 20.1. The first-order chi connectivity index (χ1) is 14.0. The Labute approximate surface area is 173 Å². The van der Waals surface area contributed by atoms with Crippen molar-refractivity contribution in [3.63, 3.8) is 0 Å². The molecule has 2 aliphatic rings. The van der Waals surface area contributed by atoms with Crippen molar-refractivity contribution < 1.29 is 14.3 Å². The van der Waals surface area contributed by atoms with Gasteiger partial charge in [0.05, 0.1) is 0 Å². The van der Waals surface area contributed by atoms with Crippen LogP contribution < -0.4 is 5.32 Å². The van der Waals surface area contributed by atoms with Crippen LogP contribution in [0.25, 0.3) is 0 Å². The largest absolute Gasteiger partial charge is 0.381 e. The second-order valence-electron chi connectivity index (χ2n) is 8.07. The van der Waals surface area contributed by atoms with Crippen LogP contribution in [0.4, 0.5) is 4.79 Å². The van der Waals surface area contributed by atoms with Crippen molar-refractivity contribution in [2.45, 2.75) is 38.3 Å². The number of nitrogens with zero attached hydrogens (tertiary/aromatic N) is 4. The molecule has 3 amide bonds. The standard InChI is InChI=1S/C21H33N5O3/c1-16-5-4-9-22-19(16)20(27)23-10-12-26(17-7-13-29-14-8-17)18-6-11-25(15-18)21(28)24(2)3/h4-5,9,17-18H,6-8,10-15H2,1-3H3,(H,23,27). The smallest absolute Gasteiger partial charge is 0.319 e. The van der Waals surface area contributed by atoms with Gasteiger partial charge in [0.2, 0.25) is 0 Å². The summed E-state index contributed by atoms with van der Waals surface area (Å²) >= 11 is 0. The number of hydrogen-bond acceptors (Lipinski definition) is 5. The predicted octanol–water partition coefficient (Wildman–Crippen LogP) is 1.36.